The summed E-state index contributed by atoms with van der Waals surface area (Å²) in [6.45, 7) is 0.550. The van der Waals surface area contributed by atoms with Crippen LogP contribution in [0.4, 0.5) is 0 Å². The van der Waals surface area contributed by atoms with Crippen molar-refractivity contribution in [2.45, 2.75) is 6.54 Å². The molecule has 0 aliphatic rings. The van der Waals surface area contributed by atoms with Gasteiger partial charge in [-0.1, -0.05) is 60.7 Å². The highest BCUT2D eigenvalue weighted by Crippen LogP contribution is 2.03. The zero-order chi connectivity index (χ0) is 14.2. The van der Waals surface area contributed by atoms with Gasteiger partial charge >= 0.3 is 5.97 Å². The number of carbonyl (C=O) groups excluding carboxylic acids is 1. The highest BCUT2D eigenvalue weighted by molar-refractivity contribution is 6.43. The lowest BCUT2D eigenvalue weighted by Gasteiger charge is -2.06. The number of hydrogen-bond acceptors (Lipinski definition) is 4. The van der Waals surface area contributed by atoms with Crippen LogP contribution in [0.1, 0.15) is 11.1 Å². The van der Waals surface area contributed by atoms with Gasteiger partial charge in [0.25, 0.3) is 0 Å². The molecule has 0 spiro atoms. The summed E-state index contributed by atoms with van der Waals surface area (Å²) in [7, 11) is 1.35. The first-order valence-corrected chi connectivity index (χ1v) is 6.29. The fourth-order valence-electron chi connectivity index (χ4n) is 1.73. The van der Waals surface area contributed by atoms with E-state index in [0.717, 1.165) is 11.1 Å². The number of rotatable bonds is 5. The van der Waals surface area contributed by atoms with E-state index >= 15 is 0 Å². The van der Waals surface area contributed by atoms with Gasteiger partial charge in [0.15, 0.2) is 5.71 Å². The molecule has 2 rings (SSSR count). The molecule has 20 heavy (non-hydrogen) atoms. The Bertz CT molecular complexity index is 580. The number of carbonyl (C=O) groups is 1. The van der Waals surface area contributed by atoms with Gasteiger partial charge < -0.3 is 10.2 Å². The standard InChI is InChI=1S/C16H16N2O2/c1-20-16(19)15(14-10-6-3-7-11-14)18-17-12-13-8-4-2-5-9-13/h2-11,17H,12H2,1H3. The van der Waals surface area contributed by atoms with E-state index in [1.54, 1.807) is 0 Å². The Balaban J connectivity index is 2.11. The molecule has 102 valence electrons. The molecule has 2 aromatic rings. The van der Waals surface area contributed by atoms with Crippen LogP contribution in [-0.2, 0) is 16.1 Å². The van der Waals surface area contributed by atoms with Crippen LogP contribution in [0.3, 0.4) is 0 Å². The van der Waals surface area contributed by atoms with Crippen molar-refractivity contribution in [3.05, 3.63) is 71.8 Å². The Hall–Kier alpha value is -2.62. The van der Waals surface area contributed by atoms with E-state index in [0.29, 0.717) is 6.54 Å². The molecular weight excluding hydrogens is 252 g/mol. The lowest BCUT2D eigenvalue weighted by Crippen LogP contribution is -2.21. The molecule has 4 nitrogen and oxygen atoms in total. The molecule has 0 atom stereocenters. The van der Waals surface area contributed by atoms with Crippen molar-refractivity contribution in [3.8, 4) is 0 Å². The highest BCUT2D eigenvalue weighted by Gasteiger charge is 2.13. The molecule has 0 saturated carbocycles. The predicted octanol–water partition coefficient (Wildman–Crippen LogP) is 2.35. The minimum absolute atomic E-state index is 0.268. The van der Waals surface area contributed by atoms with Crippen LogP contribution < -0.4 is 5.43 Å². The summed E-state index contributed by atoms with van der Waals surface area (Å²) in [5.41, 5.74) is 4.98. The normalized spacial score (nSPS) is 10.9. The maximum absolute atomic E-state index is 11.8. The van der Waals surface area contributed by atoms with E-state index in [4.69, 9.17) is 4.74 Å². The van der Waals surface area contributed by atoms with Crippen LogP contribution in [0.15, 0.2) is 65.8 Å². The fraction of sp³-hybridized carbons (Fsp3) is 0.125. The second-order valence-corrected chi connectivity index (χ2v) is 4.14. The van der Waals surface area contributed by atoms with Gasteiger partial charge in [0, 0.05) is 5.56 Å². The Morgan fingerprint density at radius 1 is 1.05 bits per heavy atom. The lowest BCUT2D eigenvalue weighted by atomic mass is 10.1. The first-order chi connectivity index (χ1) is 9.81. The number of nitrogens with zero attached hydrogens (tertiary/aromatic N) is 1. The predicted molar refractivity (Wildman–Crippen MR) is 78.3 cm³/mol. The minimum Gasteiger partial charge on any atom is -0.464 e. The van der Waals surface area contributed by atoms with Crippen LogP contribution in [-0.4, -0.2) is 18.8 Å². The molecule has 0 bridgehead atoms. The van der Waals surface area contributed by atoms with E-state index in [-0.39, 0.29) is 5.71 Å². The zero-order valence-electron chi connectivity index (χ0n) is 11.2. The van der Waals surface area contributed by atoms with Crippen molar-refractivity contribution in [3.63, 3.8) is 0 Å². The van der Waals surface area contributed by atoms with E-state index in [9.17, 15) is 4.79 Å². The Morgan fingerprint density at radius 2 is 1.65 bits per heavy atom. The maximum atomic E-state index is 11.8. The van der Waals surface area contributed by atoms with Gasteiger partial charge in [-0.15, -0.1) is 0 Å². The van der Waals surface area contributed by atoms with E-state index in [2.05, 4.69) is 10.5 Å². The van der Waals surface area contributed by atoms with Crippen molar-refractivity contribution in [1.82, 2.24) is 5.43 Å². The number of benzene rings is 2. The molecule has 0 aromatic heterocycles. The van der Waals surface area contributed by atoms with Crippen molar-refractivity contribution in [2.75, 3.05) is 7.11 Å². The number of esters is 1. The second kappa shape index (κ2) is 7.09. The highest BCUT2D eigenvalue weighted by atomic mass is 16.5. The molecule has 1 N–H and O–H groups in total. The van der Waals surface area contributed by atoms with Gasteiger partial charge in [-0.3, -0.25) is 0 Å². The molecule has 0 radical (unpaired) electrons. The van der Waals surface area contributed by atoms with E-state index < -0.39 is 5.97 Å². The minimum atomic E-state index is -0.461. The fourth-order valence-corrected chi connectivity index (χ4v) is 1.73. The molecule has 0 unspecified atom stereocenters. The third-order valence-corrected chi connectivity index (χ3v) is 2.74. The first-order valence-electron chi connectivity index (χ1n) is 6.29. The van der Waals surface area contributed by atoms with Crippen LogP contribution >= 0.6 is 0 Å². The Labute approximate surface area is 118 Å². The summed E-state index contributed by atoms with van der Waals surface area (Å²) in [5, 5.41) is 4.15. The molecule has 0 aliphatic heterocycles. The van der Waals surface area contributed by atoms with Crippen molar-refractivity contribution < 1.29 is 9.53 Å². The van der Waals surface area contributed by atoms with Gasteiger partial charge in [-0.25, -0.2) is 4.79 Å². The summed E-state index contributed by atoms with van der Waals surface area (Å²) in [5.74, 6) is -0.461. The number of hydrazone groups is 1. The third-order valence-electron chi connectivity index (χ3n) is 2.74. The average Bonchev–Trinajstić information content (AvgIpc) is 2.53. The monoisotopic (exact) mass is 268 g/mol. The van der Waals surface area contributed by atoms with Crippen LogP contribution in [0.2, 0.25) is 0 Å². The van der Waals surface area contributed by atoms with Gasteiger partial charge in [-0.2, -0.15) is 5.10 Å². The average molecular weight is 268 g/mol. The van der Waals surface area contributed by atoms with Gasteiger partial charge in [0.2, 0.25) is 0 Å². The number of nitrogens with one attached hydrogen (secondary N) is 1. The van der Waals surface area contributed by atoms with Crippen LogP contribution in [0.5, 0.6) is 0 Å². The van der Waals surface area contributed by atoms with Crippen molar-refractivity contribution in [2.24, 2.45) is 5.10 Å². The van der Waals surface area contributed by atoms with Gasteiger partial charge in [-0.05, 0) is 5.56 Å². The van der Waals surface area contributed by atoms with Crippen molar-refractivity contribution >= 4 is 11.7 Å². The van der Waals surface area contributed by atoms with Gasteiger partial charge in [0.1, 0.15) is 0 Å². The molecule has 2 aromatic carbocycles. The summed E-state index contributed by atoms with van der Waals surface area (Å²) < 4.78 is 4.76. The number of methoxy groups -OCH3 is 1. The summed E-state index contributed by atoms with van der Waals surface area (Å²) in [6, 6.07) is 19.1. The molecule has 4 heteroatoms. The summed E-state index contributed by atoms with van der Waals surface area (Å²) in [6.07, 6.45) is 0. The van der Waals surface area contributed by atoms with E-state index in [1.165, 1.54) is 7.11 Å². The maximum Gasteiger partial charge on any atom is 0.359 e. The van der Waals surface area contributed by atoms with Crippen molar-refractivity contribution in [1.29, 1.82) is 0 Å². The summed E-state index contributed by atoms with van der Waals surface area (Å²) in [4.78, 5) is 11.8. The first kappa shape index (κ1) is 13.8. The molecule has 0 fully saturated rings. The Morgan fingerprint density at radius 3 is 2.25 bits per heavy atom. The molecule has 0 saturated heterocycles. The molecular formula is C16H16N2O2. The molecule has 0 heterocycles. The topological polar surface area (TPSA) is 50.7 Å². The van der Waals surface area contributed by atoms with Gasteiger partial charge in [0.05, 0.1) is 13.7 Å². The van der Waals surface area contributed by atoms with E-state index in [1.807, 2.05) is 60.7 Å². The second-order valence-electron chi connectivity index (χ2n) is 4.14. The molecule has 0 aliphatic carbocycles. The number of ether oxygens (including phenoxy) is 1. The van der Waals surface area contributed by atoms with Crippen LogP contribution in [0, 0.1) is 0 Å². The van der Waals surface area contributed by atoms with Crippen LogP contribution in [0.25, 0.3) is 0 Å². The SMILES string of the molecule is COC(=O)C(=NNCc1ccccc1)c1ccccc1. The quantitative estimate of drug-likeness (QED) is 0.514. The number of hydrogen-bond donors (Lipinski definition) is 1. The summed E-state index contributed by atoms with van der Waals surface area (Å²) >= 11 is 0. The zero-order valence-corrected chi connectivity index (χ0v) is 11.2. The molecule has 0 amide bonds. The largest absolute Gasteiger partial charge is 0.464 e. The smallest absolute Gasteiger partial charge is 0.359 e. The Kier molecular flexibility index (Phi) is 4.89. The third kappa shape index (κ3) is 3.68. The lowest BCUT2D eigenvalue weighted by molar-refractivity contribution is -0.132.